The Bertz CT molecular complexity index is 896. The molecule has 0 saturated carbocycles. The number of hydrogen-bond donors (Lipinski definition) is 4. The molecule has 11 nitrogen and oxygen atoms in total. The number of likely N-dealkylation sites (N-methyl/N-ethyl adjacent to an activating group) is 1. The SMILES string of the molecule is COC12C(CO)C3=C(C(=O)C(C)=C(OC4CCN(C)C4)C3=O)N1CC1NC12.NC(=O)O. The number of Topliss-reactive ketones (excluding diaryl/α,β-unsaturated/α-hetero) is 2. The van der Waals surface area contributed by atoms with Gasteiger partial charge in [-0.2, -0.15) is 0 Å². The molecule has 3 saturated heterocycles. The van der Waals surface area contributed by atoms with Gasteiger partial charge in [-0.15, -0.1) is 0 Å². The van der Waals surface area contributed by atoms with Gasteiger partial charge in [0.15, 0.2) is 11.5 Å². The van der Waals surface area contributed by atoms with E-state index < -0.39 is 17.7 Å². The molecule has 1 aliphatic carbocycles. The highest BCUT2D eigenvalue weighted by atomic mass is 16.5. The zero-order valence-corrected chi connectivity index (χ0v) is 17.8. The van der Waals surface area contributed by atoms with Gasteiger partial charge >= 0.3 is 6.09 Å². The fraction of sp³-hybridized carbons (Fsp3) is 0.650. The Balaban J connectivity index is 0.000000535. The number of piperazine rings is 1. The van der Waals surface area contributed by atoms with E-state index in [2.05, 4.69) is 16.0 Å². The number of likely N-dealkylation sites (tertiary alicyclic amines) is 1. The van der Waals surface area contributed by atoms with Crippen LogP contribution in [0, 0.1) is 5.92 Å². The molecule has 5 aliphatic rings. The largest absolute Gasteiger partial charge is 0.484 e. The molecule has 0 aromatic heterocycles. The van der Waals surface area contributed by atoms with Gasteiger partial charge in [0.2, 0.25) is 11.6 Å². The number of methoxy groups -OCH3 is 1. The molecule has 4 aliphatic heterocycles. The summed E-state index contributed by atoms with van der Waals surface area (Å²) in [4.78, 5) is 39.4. The molecule has 0 aromatic carbocycles. The highest BCUT2D eigenvalue weighted by Gasteiger charge is 2.72. The Labute approximate surface area is 179 Å². The molecule has 0 spiro atoms. The first kappa shape index (κ1) is 21.8. The number of nitrogens with one attached hydrogen (secondary N) is 1. The molecule has 3 fully saturated rings. The van der Waals surface area contributed by atoms with Gasteiger partial charge in [0.05, 0.1) is 24.3 Å². The lowest BCUT2D eigenvalue weighted by Crippen LogP contribution is -2.54. The van der Waals surface area contributed by atoms with Crippen molar-refractivity contribution >= 4 is 17.7 Å². The summed E-state index contributed by atoms with van der Waals surface area (Å²) < 4.78 is 11.9. The molecule has 1 amide bonds. The Morgan fingerprint density at radius 2 is 2.00 bits per heavy atom. The average Bonchev–Trinajstić information content (AvgIpc) is 3.11. The molecule has 170 valence electrons. The van der Waals surface area contributed by atoms with Gasteiger partial charge in [0.1, 0.15) is 6.10 Å². The lowest BCUT2D eigenvalue weighted by atomic mass is 9.83. The summed E-state index contributed by atoms with van der Waals surface area (Å²) in [5.41, 5.74) is 4.25. The van der Waals surface area contributed by atoms with E-state index in [1.807, 2.05) is 11.9 Å². The molecule has 0 aromatic rings. The summed E-state index contributed by atoms with van der Waals surface area (Å²) in [7, 11) is 3.59. The van der Waals surface area contributed by atoms with Gasteiger partial charge < -0.3 is 40.5 Å². The fourth-order valence-corrected chi connectivity index (χ4v) is 5.42. The standard InChI is InChI=1S/C19H25N3O5.CH3NO2/c1-9-15(24)14-13(16(25)17(9)27-10-4-5-21(2)6-10)11(8-23)19(26-3)18-12(20-18)7-22(14)19;2-1(3)4/h10-12,18,20,23H,4-8H2,1-3H3;2H2,(H,3,4). The summed E-state index contributed by atoms with van der Waals surface area (Å²) in [5, 5.41) is 20.7. The number of nitrogens with zero attached hydrogens (tertiary/aromatic N) is 2. The van der Waals surface area contributed by atoms with Gasteiger partial charge in [0.25, 0.3) is 0 Å². The van der Waals surface area contributed by atoms with E-state index in [0.29, 0.717) is 23.4 Å². The Kier molecular flexibility index (Phi) is 5.32. The van der Waals surface area contributed by atoms with Gasteiger partial charge in [-0.1, -0.05) is 0 Å². The number of ether oxygens (including phenoxy) is 2. The first-order chi connectivity index (χ1) is 14.7. The van der Waals surface area contributed by atoms with Gasteiger partial charge in [-0.3, -0.25) is 9.59 Å². The Hall–Kier alpha value is -2.47. The van der Waals surface area contributed by atoms with Crippen LogP contribution in [0.2, 0.25) is 0 Å². The number of nitrogens with two attached hydrogens (primary N) is 1. The fourth-order valence-electron chi connectivity index (χ4n) is 5.42. The molecule has 11 heteroatoms. The number of carbonyl (C=O) groups excluding carboxylic acids is 2. The molecule has 31 heavy (non-hydrogen) atoms. The summed E-state index contributed by atoms with van der Waals surface area (Å²) >= 11 is 0. The number of aliphatic hydroxyl groups excluding tert-OH is 1. The predicted molar refractivity (Wildman–Crippen MR) is 107 cm³/mol. The minimum absolute atomic E-state index is 0.0130. The summed E-state index contributed by atoms with van der Waals surface area (Å²) in [6.07, 6.45) is -0.607. The van der Waals surface area contributed by atoms with Crippen LogP contribution in [0.25, 0.3) is 0 Å². The van der Waals surface area contributed by atoms with E-state index in [1.165, 1.54) is 0 Å². The van der Waals surface area contributed by atoms with Crippen molar-refractivity contribution in [3.8, 4) is 0 Å². The van der Waals surface area contributed by atoms with Crippen LogP contribution >= 0.6 is 0 Å². The lowest BCUT2D eigenvalue weighted by Gasteiger charge is -2.39. The lowest BCUT2D eigenvalue weighted by molar-refractivity contribution is -0.137. The Morgan fingerprint density at radius 1 is 1.32 bits per heavy atom. The molecule has 5 atom stereocenters. The van der Waals surface area contributed by atoms with E-state index in [9.17, 15) is 14.7 Å². The molecular formula is C20H28N4O7. The van der Waals surface area contributed by atoms with E-state index in [1.54, 1.807) is 14.0 Å². The molecule has 5 rings (SSSR count). The van der Waals surface area contributed by atoms with Crippen molar-refractivity contribution in [1.82, 2.24) is 15.1 Å². The monoisotopic (exact) mass is 436 g/mol. The second-order valence-electron chi connectivity index (χ2n) is 8.56. The molecule has 4 heterocycles. The number of carboxylic acid groups (broad SMARTS) is 1. The summed E-state index contributed by atoms with van der Waals surface area (Å²) in [6, 6.07) is 0.242. The van der Waals surface area contributed by atoms with Crippen molar-refractivity contribution in [3.05, 3.63) is 22.6 Å². The zero-order chi connectivity index (χ0) is 22.7. The number of hydrogen-bond acceptors (Lipinski definition) is 9. The van der Waals surface area contributed by atoms with Crippen LogP contribution < -0.4 is 11.1 Å². The number of primary amides is 1. The predicted octanol–water partition coefficient (Wildman–Crippen LogP) is -1.37. The van der Waals surface area contributed by atoms with Crippen molar-refractivity contribution in [2.24, 2.45) is 11.7 Å². The second kappa shape index (κ2) is 7.59. The topological polar surface area (TPSA) is 165 Å². The normalized spacial score (nSPS) is 36.2. The third-order valence-electron chi connectivity index (χ3n) is 6.80. The van der Waals surface area contributed by atoms with Crippen LogP contribution in [0.15, 0.2) is 22.6 Å². The summed E-state index contributed by atoms with van der Waals surface area (Å²) in [5.74, 6) is -0.898. The zero-order valence-electron chi connectivity index (χ0n) is 17.8. The molecule has 5 N–H and O–H groups in total. The highest BCUT2D eigenvalue weighted by Crippen LogP contribution is 2.55. The summed E-state index contributed by atoms with van der Waals surface area (Å²) in [6.45, 7) is 3.64. The maximum absolute atomic E-state index is 13.4. The van der Waals surface area contributed by atoms with Crippen LogP contribution in [-0.4, -0.2) is 102 Å². The van der Waals surface area contributed by atoms with Crippen LogP contribution in [0.3, 0.4) is 0 Å². The van der Waals surface area contributed by atoms with Gasteiger partial charge in [-0.05, 0) is 20.4 Å². The number of rotatable bonds is 4. The smallest absolute Gasteiger partial charge is 0.402 e. The number of fused-ring (bicyclic) bond motifs is 4. The van der Waals surface area contributed by atoms with E-state index in [0.717, 1.165) is 19.5 Å². The molecule has 5 unspecified atom stereocenters. The first-order valence-electron chi connectivity index (χ1n) is 10.2. The number of amides is 1. The van der Waals surface area contributed by atoms with Gasteiger partial charge in [0, 0.05) is 43.9 Å². The van der Waals surface area contributed by atoms with Crippen molar-refractivity contribution in [3.63, 3.8) is 0 Å². The Morgan fingerprint density at radius 3 is 2.55 bits per heavy atom. The third-order valence-corrected chi connectivity index (χ3v) is 6.80. The third kappa shape index (κ3) is 3.15. The average molecular weight is 436 g/mol. The molecule has 0 radical (unpaired) electrons. The minimum Gasteiger partial charge on any atom is -0.484 e. The second-order valence-corrected chi connectivity index (χ2v) is 8.56. The maximum Gasteiger partial charge on any atom is 0.402 e. The van der Waals surface area contributed by atoms with E-state index in [-0.39, 0.29) is 42.1 Å². The van der Waals surface area contributed by atoms with Crippen molar-refractivity contribution < 1.29 is 34.1 Å². The van der Waals surface area contributed by atoms with Crippen molar-refractivity contribution in [2.75, 3.05) is 40.4 Å². The highest BCUT2D eigenvalue weighted by molar-refractivity contribution is 6.25. The number of ketones is 2. The van der Waals surface area contributed by atoms with Crippen molar-refractivity contribution in [1.29, 1.82) is 0 Å². The number of allylic oxidation sites excluding steroid dienone is 2. The van der Waals surface area contributed by atoms with E-state index >= 15 is 0 Å². The number of carbonyl (C=O) groups is 3. The van der Waals surface area contributed by atoms with Crippen LogP contribution in [0.1, 0.15) is 13.3 Å². The van der Waals surface area contributed by atoms with Crippen LogP contribution in [0.4, 0.5) is 4.79 Å². The minimum atomic E-state index is -1.33. The maximum atomic E-state index is 13.4. The van der Waals surface area contributed by atoms with E-state index in [4.69, 9.17) is 19.4 Å². The first-order valence-corrected chi connectivity index (χ1v) is 10.2. The van der Waals surface area contributed by atoms with Crippen LogP contribution in [-0.2, 0) is 19.1 Å². The molecular weight excluding hydrogens is 408 g/mol. The molecule has 0 bridgehead atoms. The quantitative estimate of drug-likeness (QED) is 0.305. The van der Waals surface area contributed by atoms with Crippen molar-refractivity contribution in [2.45, 2.75) is 37.3 Å². The van der Waals surface area contributed by atoms with Crippen LogP contribution in [0.5, 0.6) is 0 Å². The number of aliphatic hydroxyl groups is 1. The van der Waals surface area contributed by atoms with Gasteiger partial charge in [-0.25, -0.2) is 4.79 Å².